The van der Waals surface area contributed by atoms with Crippen molar-refractivity contribution < 1.29 is 13.2 Å². The summed E-state index contributed by atoms with van der Waals surface area (Å²) in [4.78, 5) is 0. The predicted molar refractivity (Wildman–Crippen MR) is 70.8 cm³/mol. The Labute approximate surface area is 109 Å². The fourth-order valence-electron chi connectivity index (χ4n) is 2.37. The maximum Gasteiger partial charge on any atom is 0.232 e. The van der Waals surface area contributed by atoms with Gasteiger partial charge in [0, 0.05) is 10.7 Å². The Balaban J connectivity index is 2.32. The van der Waals surface area contributed by atoms with Gasteiger partial charge in [0.25, 0.3) is 0 Å². The van der Waals surface area contributed by atoms with Crippen molar-refractivity contribution in [1.82, 2.24) is 0 Å². The third-order valence-electron chi connectivity index (χ3n) is 3.47. The van der Waals surface area contributed by atoms with Gasteiger partial charge < -0.3 is 4.74 Å². The molecule has 0 heterocycles. The highest BCUT2D eigenvalue weighted by Gasteiger charge is 2.22. The van der Waals surface area contributed by atoms with Gasteiger partial charge in [-0.2, -0.15) is 0 Å². The first-order valence-electron chi connectivity index (χ1n) is 6.44. The summed E-state index contributed by atoms with van der Waals surface area (Å²) >= 11 is 0. The van der Waals surface area contributed by atoms with Gasteiger partial charge in [-0.15, -0.1) is 0 Å². The van der Waals surface area contributed by atoms with Crippen molar-refractivity contribution in [3.8, 4) is 0 Å². The third-order valence-corrected chi connectivity index (χ3v) is 4.72. The Kier molecular flexibility index (Phi) is 6.24. The molecule has 1 aliphatic rings. The molecule has 0 aromatic heterocycles. The fraction of sp³-hybridized carbons (Fsp3) is 1.00. The molecule has 0 spiro atoms. The molecule has 0 N–H and O–H groups in total. The molecular weight excluding hydrogens is 260 g/mol. The van der Waals surface area contributed by atoms with Gasteiger partial charge in [0.2, 0.25) is 9.05 Å². The maximum atomic E-state index is 11.0. The molecule has 0 aromatic rings. The van der Waals surface area contributed by atoms with Gasteiger partial charge in [0.05, 0.1) is 18.5 Å². The van der Waals surface area contributed by atoms with E-state index in [1.54, 1.807) is 0 Å². The lowest BCUT2D eigenvalue weighted by Gasteiger charge is -2.28. The zero-order valence-corrected chi connectivity index (χ0v) is 12.3. The van der Waals surface area contributed by atoms with Gasteiger partial charge in [-0.1, -0.05) is 33.1 Å². The van der Waals surface area contributed by atoms with Crippen molar-refractivity contribution in [3.63, 3.8) is 0 Å². The van der Waals surface area contributed by atoms with E-state index in [1.807, 2.05) is 6.92 Å². The van der Waals surface area contributed by atoms with E-state index >= 15 is 0 Å². The molecule has 3 unspecified atom stereocenters. The predicted octanol–water partition coefficient (Wildman–Crippen LogP) is 3.18. The Morgan fingerprint density at radius 2 is 2.12 bits per heavy atom. The summed E-state index contributed by atoms with van der Waals surface area (Å²) in [5.74, 6) is 0.771. The SMILES string of the molecule is CCC(COC1CCCC(C)C1)CS(=O)(=O)Cl. The molecular formula is C12H23ClO3S. The Morgan fingerprint density at radius 1 is 1.41 bits per heavy atom. The van der Waals surface area contributed by atoms with E-state index in [4.69, 9.17) is 15.4 Å². The minimum Gasteiger partial charge on any atom is -0.378 e. The molecule has 0 amide bonds. The number of rotatable bonds is 6. The van der Waals surface area contributed by atoms with Crippen LogP contribution in [0.3, 0.4) is 0 Å². The Hall–Kier alpha value is 0.200. The number of halogens is 1. The average Bonchev–Trinajstić information content (AvgIpc) is 2.23. The first kappa shape index (κ1) is 15.3. The largest absolute Gasteiger partial charge is 0.378 e. The molecule has 1 saturated carbocycles. The highest BCUT2D eigenvalue weighted by Crippen LogP contribution is 2.26. The summed E-state index contributed by atoms with van der Waals surface area (Å²) < 4.78 is 27.9. The minimum atomic E-state index is -3.41. The van der Waals surface area contributed by atoms with E-state index in [0.29, 0.717) is 12.7 Å². The highest BCUT2D eigenvalue weighted by molar-refractivity contribution is 8.13. The second-order valence-electron chi connectivity index (χ2n) is 5.21. The average molecular weight is 283 g/mol. The standard InChI is InChI=1S/C12H23ClO3S/c1-3-11(9-17(13,14)15)8-16-12-6-4-5-10(2)7-12/h10-12H,3-9H2,1-2H3. The first-order valence-corrected chi connectivity index (χ1v) is 8.92. The van der Waals surface area contributed by atoms with Crippen LogP contribution < -0.4 is 0 Å². The van der Waals surface area contributed by atoms with Crippen LogP contribution in [0.5, 0.6) is 0 Å². The van der Waals surface area contributed by atoms with Crippen LogP contribution in [0, 0.1) is 11.8 Å². The van der Waals surface area contributed by atoms with Crippen LogP contribution in [-0.4, -0.2) is 26.9 Å². The number of ether oxygens (including phenoxy) is 1. The van der Waals surface area contributed by atoms with Crippen LogP contribution in [0.1, 0.15) is 46.0 Å². The molecule has 3 atom stereocenters. The second-order valence-corrected chi connectivity index (χ2v) is 8.03. The minimum absolute atomic E-state index is 0.0212. The van der Waals surface area contributed by atoms with Crippen molar-refractivity contribution in [3.05, 3.63) is 0 Å². The van der Waals surface area contributed by atoms with Crippen molar-refractivity contribution in [1.29, 1.82) is 0 Å². The summed E-state index contributed by atoms with van der Waals surface area (Å²) in [6, 6.07) is 0. The molecule has 0 aliphatic heterocycles. The van der Waals surface area contributed by atoms with E-state index in [-0.39, 0.29) is 11.7 Å². The summed E-state index contributed by atoms with van der Waals surface area (Å²) in [6.07, 6.45) is 5.81. The lowest BCUT2D eigenvalue weighted by Crippen LogP contribution is -2.26. The van der Waals surface area contributed by atoms with Crippen LogP contribution in [0.25, 0.3) is 0 Å². The van der Waals surface area contributed by atoms with Gasteiger partial charge >= 0.3 is 0 Å². The Morgan fingerprint density at radius 3 is 2.65 bits per heavy atom. The van der Waals surface area contributed by atoms with E-state index in [9.17, 15) is 8.42 Å². The summed E-state index contributed by atoms with van der Waals surface area (Å²) in [5.41, 5.74) is 0. The molecule has 0 bridgehead atoms. The van der Waals surface area contributed by atoms with E-state index in [2.05, 4.69) is 6.92 Å². The van der Waals surface area contributed by atoms with Gasteiger partial charge in [-0.05, 0) is 24.7 Å². The van der Waals surface area contributed by atoms with Crippen LogP contribution >= 0.6 is 10.7 Å². The van der Waals surface area contributed by atoms with Gasteiger partial charge in [0.1, 0.15) is 0 Å². The molecule has 5 heteroatoms. The normalized spacial score (nSPS) is 27.9. The quantitative estimate of drug-likeness (QED) is 0.703. The molecule has 3 nitrogen and oxygen atoms in total. The number of hydrogen-bond acceptors (Lipinski definition) is 3. The monoisotopic (exact) mass is 282 g/mol. The first-order chi connectivity index (χ1) is 7.90. The summed E-state index contributed by atoms with van der Waals surface area (Å²) in [6.45, 7) is 4.73. The lowest BCUT2D eigenvalue weighted by atomic mass is 9.88. The highest BCUT2D eigenvalue weighted by atomic mass is 35.7. The van der Waals surface area contributed by atoms with Crippen molar-refractivity contribution in [2.75, 3.05) is 12.4 Å². The molecule has 1 rings (SSSR count). The summed E-state index contributed by atoms with van der Waals surface area (Å²) in [5, 5.41) is 0. The van der Waals surface area contributed by atoms with Crippen LogP contribution in [0.15, 0.2) is 0 Å². The van der Waals surface area contributed by atoms with Gasteiger partial charge in [-0.25, -0.2) is 8.42 Å². The molecule has 0 aromatic carbocycles. The van der Waals surface area contributed by atoms with E-state index < -0.39 is 9.05 Å². The molecule has 0 saturated heterocycles. The maximum absolute atomic E-state index is 11.0. The topological polar surface area (TPSA) is 43.4 Å². The zero-order chi connectivity index (χ0) is 12.9. The van der Waals surface area contributed by atoms with Crippen molar-refractivity contribution in [2.24, 2.45) is 11.8 Å². The second kappa shape index (κ2) is 6.95. The van der Waals surface area contributed by atoms with Crippen LogP contribution in [0.2, 0.25) is 0 Å². The van der Waals surface area contributed by atoms with Crippen LogP contribution in [0.4, 0.5) is 0 Å². The summed E-state index contributed by atoms with van der Waals surface area (Å²) in [7, 11) is 1.86. The smallest absolute Gasteiger partial charge is 0.232 e. The van der Waals surface area contributed by atoms with Crippen molar-refractivity contribution in [2.45, 2.75) is 52.1 Å². The van der Waals surface area contributed by atoms with Gasteiger partial charge in [0.15, 0.2) is 0 Å². The van der Waals surface area contributed by atoms with E-state index in [1.165, 1.54) is 12.8 Å². The zero-order valence-electron chi connectivity index (χ0n) is 10.7. The lowest BCUT2D eigenvalue weighted by molar-refractivity contribution is -0.000349. The Bertz CT molecular complexity index is 316. The number of hydrogen-bond donors (Lipinski definition) is 0. The van der Waals surface area contributed by atoms with Crippen LogP contribution in [-0.2, 0) is 13.8 Å². The molecule has 0 radical (unpaired) electrons. The van der Waals surface area contributed by atoms with E-state index in [0.717, 1.165) is 25.2 Å². The molecule has 17 heavy (non-hydrogen) atoms. The fourth-order valence-corrected chi connectivity index (χ4v) is 3.80. The third kappa shape index (κ3) is 6.63. The molecule has 1 aliphatic carbocycles. The molecule has 1 fully saturated rings. The van der Waals surface area contributed by atoms with Gasteiger partial charge in [-0.3, -0.25) is 0 Å². The molecule has 102 valence electrons. The van der Waals surface area contributed by atoms with Crippen molar-refractivity contribution >= 4 is 19.7 Å².